The van der Waals surface area contributed by atoms with E-state index in [0.29, 0.717) is 5.82 Å². The van der Waals surface area contributed by atoms with Crippen LogP contribution in [-0.4, -0.2) is 7.25 Å². The summed E-state index contributed by atoms with van der Waals surface area (Å²) in [7, 11) is -4.18. The average molecular weight is 222 g/mol. The number of nitrogens with zero attached hydrogens (tertiary/aromatic N) is 4. The zero-order valence-electron chi connectivity index (χ0n) is 7.69. The number of aryl methyl sites for hydroxylation is 1. The van der Waals surface area contributed by atoms with E-state index in [4.69, 9.17) is 5.53 Å². The van der Waals surface area contributed by atoms with Crippen LogP contribution in [0.2, 0.25) is 0 Å². The molecule has 1 heterocycles. The molecule has 0 saturated carbocycles. The standard InChI is InChI=1S/C6H7N4.BF4/c1-10-5-3-2-4-6(10)8-9-7;2-1(3,4)5/h2-5H,1H3;/q+1;-1. The molecule has 0 unspecified atom stereocenters. The van der Waals surface area contributed by atoms with Crippen molar-refractivity contribution in [3.63, 3.8) is 0 Å². The van der Waals surface area contributed by atoms with Crippen molar-refractivity contribution in [1.82, 2.24) is 0 Å². The second-order valence-electron chi connectivity index (χ2n) is 2.35. The van der Waals surface area contributed by atoms with E-state index in [2.05, 4.69) is 10.0 Å². The number of rotatable bonds is 1. The lowest BCUT2D eigenvalue weighted by atomic mass is 10.3. The highest BCUT2D eigenvalue weighted by Crippen LogP contribution is 2.06. The van der Waals surface area contributed by atoms with Gasteiger partial charge in [-0.3, -0.25) is 4.57 Å². The van der Waals surface area contributed by atoms with Gasteiger partial charge in [0.1, 0.15) is 0 Å². The smallest absolute Gasteiger partial charge is 0.418 e. The summed E-state index contributed by atoms with van der Waals surface area (Å²) < 4.78 is 40.7. The van der Waals surface area contributed by atoms with Crippen LogP contribution >= 0.6 is 0 Å². The Morgan fingerprint density at radius 2 is 1.87 bits per heavy atom. The van der Waals surface area contributed by atoms with Crippen molar-refractivity contribution < 1.29 is 21.8 Å². The Morgan fingerprint density at radius 1 is 1.33 bits per heavy atom. The molecule has 0 aliphatic heterocycles. The molecule has 1 aromatic rings. The highest BCUT2D eigenvalue weighted by atomic mass is 19.5. The number of azide groups is 1. The van der Waals surface area contributed by atoms with Crippen molar-refractivity contribution in [2.24, 2.45) is 12.2 Å². The summed E-state index contributed by atoms with van der Waals surface area (Å²) >= 11 is 0. The Morgan fingerprint density at radius 3 is 2.27 bits per heavy atom. The lowest BCUT2D eigenvalue weighted by Crippen LogP contribution is -2.26. The van der Waals surface area contributed by atoms with E-state index < -0.39 is 7.25 Å². The largest absolute Gasteiger partial charge is 0.673 e. The number of hydrogen-bond acceptors (Lipinski definition) is 1. The zero-order chi connectivity index (χ0) is 11.9. The van der Waals surface area contributed by atoms with Crippen molar-refractivity contribution >= 4 is 13.1 Å². The van der Waals surface area contributed by atoms with Crippen LogP contribution in [-0.2, 0) is 7.05 Å². The summed E-state index contributed by atoms with van der Waals surface area (Å²) in [6, 6.07) is 5.44. The number of pyridine rings is 1. The van der Waals surface area contributed by atoms with Gasteiger partial charge in [0.15, 0.2) is 5.82 Å². The first kappa shape index (κ1) is 13.2. The van der Waals surface area contributed by atoms with Gasteiger partial charge in [0.05, 0.1) is 13.2 Å². The molecule has 15 heavy (non-hydrogen) atoms. The molecule has 0 radical (unpaired) electrons. The minimum Gasteiger partial charge on any atom is -0.418 e. The third kappa shape index (κ3) is 8.57. The number of halogens is 4. The summed E-state index contributed by atoms with van der Waals surface area (Å²) in [5.74, 6) is 0.616. The van der Waals surface area contributed by atoms with Crippen molar-refractivity contribution in [3.8, 4) is 0 Å². The van der Waals surface area contributed by atoms with Crippen LogP contribution in [0.3, 0.4) is 0 Å². The van der Waals surface area contributed by atoms with E-state index in [0.717, 1.165) is 0 Å². The first-order valence-electron chi connectivity index (χ1n) is 3.71. The van der Waals surface area contributed by atoms with Crippen LogP contribution in [0.5, 0.6) is 0 Å². The van der Waals surface area contributed by atoms with Gasteiger partial charge in [0.2, 0.25) is 0 Å². The highest BCUT2D eigenvalue weighted by molar-refractivity contribution is 6.50. The van der Waals surface area contributed by atoms with Gasteiger partial charge < -0.3 is 17.3 Å². The van der Waals surface area contributed by atoms with E-state index in [9.17, 15) is 17.3 Å². The summed E-state index contributed by atoms with van der Waals surface area (Å²) in [4.78, 5) is 2.67. The van der Waals surface area contributed by atoms with Gasteiger partial charge in [-0.05, 0) is 22.8 Å². The SMILES string of the molecule is C[n+]1ccccc1N=[N+]=[N-].F[B-](F)(F)F. The molecular weight excluding hydrogens is 215 g/mol. The van der Waals surface area contributed by atoms with Crippen molar-refractivity contribution in [1.29, 1.82) is 0 Å². The normalized spacial score (nSPS) is 9.67. The third-order valence-corrected chi connectivity index (χ3v) is 1.17. The van der Waals surface area contributed by atoms with E-state index in [1.807, 2.05) is 25.4 Å². The molecule has 1 aromatic heterocycles. The lowest BCUT2D eigenvalue weighted by molar-refractivity contribution is -0.658. The zero-order valence-corrected chi connectivity index (χ0v) is 7.69. The maximum Gasteiger partial charge on any atom is 0.673 e. The van der Waals surface area contributed by atoms with Crippen molar-refractivity contribution in [2.75, 3.05) is 0 Å². The highest BCUT2D eigenvalue weighted by Gasteiger charge is 2.20. The predicted octanol–water partition coefficient (Wildman–Crippen LogP) is 2.75. The molecule has 0 bridgehead atoms. The monoisotopic (exact) mass is 222 g/mol. The molecule has 82 valence electrons. The van der Waals surface area contributed by atoms with Gasteiger partial charge in [-0.15, -0.1) is 0 Å². The van der Waals surface area contributed by atoms with E-state index in [1.54, 1.807) is 10.6 Å². The predicted molar refractivity (Wildman–Crippen MR) is 46.6 cm³/mol. The molecule has 4 nitrogen and oxygen atoms in total. The molecule has 0 N–H and O–H groups in total. The Labute approximate surface area is 82.9 Å². The van der Waals surface area contributed by atoms with Crippen LogP contribution < -0.4 is 4.57 Å². The summed E-state index contributed by atoms with van der Waals surface area (Å²) in [5.41, 5.74) is 8.09. The van der Waals surface area contributed by atoms with Crippen LogP contribution in [0, 0.1) is 0 Å². The van der Waals surface area contributed by atoms with E-state index >= 15 is 0 Å². The summed E-state index contributed by atoms with van der Waals surface area (Å²) in [6.45, 7) is 0. The molecule has 1 rings (SSSR count). The topological polar surface area (TPSA) is 52.6 Å². The molecule has 0 saturated heterocycles. The molecule has 0 amide bonds. The molecule has 0 aliphatic rings. The maximum absolute atomic E-state index is 9.75. The van der Waals surface area contributed by atoms with E-state index in [1.165, 1.54) is 0 Å². The molecule has 9 heteroatoms. The minimum atomic E-state index is -6.00. The van der Waals surface area contributed by atoms with Gasteiger partial charge in [0, 0.05) is 4.91 Å². The van der Waals surface area contributed by atoms with Crippen LogP contribution in [0.25, 0.3) is 10.4 Å². The van der Waals surface area contributed by atoms with Gasteiger partial charge in [-0.25, -0.2) is 0 Å². The fourth-order valence-electron chi connectivity index (χ4n) is 0.664. The second kappa shape index (κ2) is 5.87. The van der Waals surface area contributed by atoms with Gasteiger partial charge in [-0.1, -0.05) is 6.07 Å². The second-order valence-corrected chi connectivity index (χ2v) is 2.35. The van der Waals surface area contributed by atoms with Crippen LogP contribution in [0.15, 0.2) is 29.5 Å². The van der Waals surface area contributed by atoms with Crippen LogP contribution in [0.1, 0.15) is 0 Å². The average Bonchev–Trinajstić information content (AvgIpc) is 2.06. The fraction of sp³-hybridized carbons (Fsp3) is 0.167. The molecule has 0 atom stereocenters. The fourth-order valence-corrected chi connectivity index (χ4v) is 0.664. The van der Waals surface area contributed by atoms with Gasteiger partial charge in [-0.2, -0.15) is 0 Å². The summed E-state index contributed by atoms with van der Waals surface area (Å²) in [6.07, 6.45) is 1.82. The Kier molecular flexibility index (Phi) is 5.18. The minimum absolute atomic E-state index is 0.616. The van der Waals surface area contributed by atoms with Gasteiger partial charge in [0.25, 0.3) is 0 Å². The maximum atomic E-state index is 9.75. The van der Waals surface area contributed by atoms with Gasteiger partial charge >= 0.3 is 7.25 Å². The van der Waals surface area contributed by atoms with Crippen LogP contribution in [0.4, 0.5) is 23.1 Å². The van der Waals surface area contributed by atoms with Crippen molar-refractivity contribution in [3.05, 3.63) is 34.8 Å². The summed E-state index contributed by atoms with van der Waals surface area (Å²) in [5, 5.41) is 3.45. The molecule has 0 fully saturated rings. The molecule has 0 aromatic carbocycles. The quantitative estimate of drug-likeness (QED) is 0.175. The Balaban J connectivity index is 0.000000336. The lowest BCUT2D eigenvalue weighted by Gasteiger charge is -1.94. The molecule has 0 spiro atoms. The van der Waals surface area contributed by atoms with E-state index in [-0.39, 0.29) is 0 Å². The third-order valence-electron chi connectivity index (χ3n) is 1.17. The Hall–Kier alpha value is -1.76. The first-order valence-corrected chi connectivity index (χ1v) is 3.71. The Bertz CT molecular complexity index is 354. The molecular formula is C6H7BF4N4. The molecule has 0 aliphatic carbocycles. The van der Waals surface area contributed by atoms with Crippen molar-refractivity contribution in [2.45, 2.75) is 0 Å². The number of hydrogen-bond donors (Lipinski definition) is 0. The first-order chi connectivity index (χ1) is 6.84. The number of aromatic nitrogens is 1.